The number of β-amino-alcohol motifs (C(OH)–C–C–N with tert-alkyl or cyclic N) is 1. The van der Waals surface area contributed by atoms with Crippen molar-refractivity contribution in [1.82, 2.24) is 19.5 Å². The predicted octanol–water partition coefficient (Wildman–Crippen LogP) is 3.22. The van der Waals surface area contributed by atoms with Crippen molar-refractivity contribution < 1.29 is 14.6 Å². The van der Waals surface area contributed by atoms with E-state index in [-0.39, 0.29) is 11.9 Å². The summed E-state index contributed by atoms with van der Waals surface area (Å²) in [7, 11) is 1.63. The molecule has 3 atom stereocenters. The molecule has 4 heterocycles. The number of methoxy groups -OCH3 is 1. The van der Waals surface area contributed by atoms with Crippen molar-refractivity contribution in [3.8, 4) is 11.8 Å². The second kappa shape index (κ2) is 9.34. The van der Waals surface area contributed by atoms with Gasteiger partial charge in [-0.1, -0.05) is 0 Å². The molecule has 1 aromatic carbocycles. The number of carbonyl (C=O) groups is 1. The zero-order valence-corrected chi connectivity index (χ0v) is 21.4. The Bertz CT molecular complexity index is 1410. The maximum atomic E-state index is 13.9. The van der Waals surface area contributed by atoms with Gasteiger partial charge in [-0.2, -0.15) is 10.4 Å². The number of aromatic nitrogens is 3. The molecule has 9 heteroatoms. The van der Waals surface area contributed by atoms with Crippen LogP contribution < -0.4 is 9.64 Å². The molecular weight excluding hydrogens is 468 g/mol. The molecule has 2 fully saturated rings. The van der Waals surface area contributed by atoms with Crippen LogP contribution in [0.3, 0.4) is 0 Å². The molecule has 0 saturated carbocycles. The summed E-state index contributed by atoms with van der Waals surface area (Å²) in [4.78, 5) is 22.7. The number of benzene rings is 1. The SMILES string of the molecule is COc1cc2c(cc1C(=O)N1CCCCC1c1cc3nc(N4CC(O)C(C#N)C4)c(C)cn3n1)CCC2. The van der Waals surface area contributed by atoms with Crippen LogP contribution in [0.4, 0.5) is 5.82 Å². The van der Waals surface area contributed by atoms with Crippen molar-refractivity contribution in [3.05, 3.63) is 52.3 Å². The first-order chi connectivity index (χ1) is 18.0. The number of likely N-dealkylation sites (tertiary alicyclic amines) is 1. The van der Waals surface area contributed by atoms with E-state index in [1.807, 2.05) is 41.1 Å². The molecule has 2 aliphatic heterocycles. The number of aryl methyl sites for hydroxylation is 3. The Balaban J connectivity index is 1.32. The van der Waals surface area contributed by atoms with Gasteiger partial charge >= 0.3 is 0 Å². The fourth-order valence-electron chi connectivity index (χ4n) is 6.16. The van der Waals surface area contributed by atoms with E-state index < -0.39 is 12.0 Å². The molecule has 9 nitrogen and oxygen atoms in total. The molecule has 0 bridgehead atoms. The molecule has 6 rings (SSSR count). The van der Waals surface area contributed by atoms with E-state index in [0.29, 0.717) is 36.6 Å². The standard InChI is InChI=1S/C28H32N6O3/c1-17-14-34-26(30-27(17)32-15-20(13-29)24(35)16-32)12-22(31-34)23-8-3-4-9-33(23)28(36)21-10-18-6-5-7-19(18)11-25(21)37-2/h10-12,14,20,23-24,35H,3-9,15-16H2,1-2H3. The summed E-state index contributed by atoms with van der Waals surface area (Å²) in [6.07, 6.45) is 7.25. The Morgan fingerprint density at radius 3 is 2.73 bits per heavy atom. The third-order valence-electron chi connectivity index (χ3n) is 8.13. The third kappa shape index (κ3) is 4.09. The number of carbonyl (C=O) groups excluding carboxylic acids is 1. The quantitative estimate of drug-likeness (QED) is 0.586. The number of fused-ring (bicyclic) bond motifs is 2. The lowest BCUT2D eigenvalue weighted by molar-refractivity contribution is 0.0602. The number of hydrogen-bond acceptors (Lipinski definition) is 7. The summed E-state index contributed by atoms with van der Waals surface area (Å²) in [5.74, 6) is 0.980. The first-order valence-electron chi connectivity index (χ1n) is 13.2. The Morgan fingerprint density at radius 1 is 1.16 bits per heavy atom. The zero-order valence-electron chi connectivity index (χ0n) is 21.4. The third-order valence-corrected chi connectivity index (χ3v) is 8.13. The summed E-state index contributed by atoms with van der Waals surface area (Å²) in [6.45, 7) is 3.48. The molecular formula is C28H32N6O3. The molecule has 0 spiro atoms. The number of nitrogens with zero attached hydrogens (tertiary/aromatic N) is 6. The van der Waals surface area contributed by atoms with Gasteiger partial charge in [0.1, 0.15) is 11.6 Å². The van der Waals surface area contributed by atoms with Crippen LogP contribution in [0.15, 0.2) is 24.4 Å². The number of rotatable bonds is 4. The monoisotopic (exact) mass is 500 g/mol. The minimum atomic E-state index is -0.680. The van der Waals surface area contributed by atoms with Gasteiger partial charge in [0.2, 0.25) is 0 Å². The predicted molar refractivity (Wildman–Crippen MR) is 138 cm³/mol. The van der Waals surface area contributed by atoms with Gasteiger partial charge in [0.15, 0.2) is 5.65 Å². The molecule has 0 radical (unpaired) electrons. The minimum Gasteiger partial charge on any atom is -0.496 e. The van der Waals surface area contributed by atoms with Gasteiger partial charge in [0, 0.05) is 37.5 Å². The topological polar surface area (TPSA) is 107 Å². The Hall–Kier alpha value is -3.64. The summed E-state index contributed by atoms with van der Waals surface area (Å²) in [5, 5.41) is 24.4. The minimum absolute atomic E-state index is 0.00765. The van der Waals surface area contributed by atoms with Crippen LogP contribution in [0.2, 0.25) is 0 Å². The Kier molecular flexibility index (Phi) is 6.00. The van der Waals surface area contributed by atoms with Crippen LogP contribution >= 0.6 is 0 Å². The van der Waals surface area contributed by atoms with E-state index >= 15 is 0 Å². The van der Waals surface area contributed by atoms with Crippen LogP contribution in [0.1, 0.15) is 64.5 Å². The van der Waals surface area contributed by atoms with Crippen molar-refractivity contribution in [3.63, 3.8) is 0 Å². The molecule has 2 saturated heterocycles. The molecule has 192 valence electrons. The largest absolute Gasteiger partial charge is 0.496 e. The fourth-order valence-corrected chi connectivity index (χ4v) is 6.16. The molecule has 3 aromatic rings. The van der Waals surface area contributed by atoms with E-state index in [2.05, 4.69) is 6.07 Å². The highest BCUT2D eigenvalue weighted by atomic mass is 16.5. The first kappa shape index (κ1) is 23.7. The first-order valence-corrected chi connectivity index (χ1v) is 13.2. The van der Waals surface area contributed by atoms with Crippen molar-refractivity contribution in [2.24, 2.45) is 5.92 Å². The second-order valence-electron chi connectivity index (χ2n) is 10.5. The molecule has 3 aliphatic rings. The van der Waals surface area contributed by atoms with Crippen molar-refractivity contribution in [2.75, 3.05) is 31.6 Å². The van der Waals surface area contributed by atoms with Crippen LogP contribution in [0.5, 0.6) is 5.75 Å². The zero-order chi connectivity index (χ0) is 25.7. The van der Waals surface area contributed by atoms with Gasteiger partial charge in [-0.3, -0.25) is 4.79 Å². The van der Waals surface area contributed by atoms with E-state index in [1.165, 1.54) is 11.1 Å². The van der Waals surface area contributed by atoms with Crippen LogP contribution in [0.25, 0.3) is 5.65 Å². The van der Waals surface area contributed by atoms with Gasteiger partial charge in [-0.05, 0) is 68.7 Å². The highest BCUT2D eigenvalue weighted by molar-refractivity contribution is 5.97. The number of aliphatic hydroxyl groups excluding tert-OH is 1. The lowest BCUT2D eigenvalue weighted by Crippen LogP contribution is -2.39. The van der Waals surface area contributed by atoms with E-state index in [4.69, 9.17) is 14.8 Å². The number of amides is 1. The van der Waals surface area contributed by atoms with E-state index in [0.717, 1.165) is 55.6 Å². The maximum absolute atomic E-state index is 13.9. The molecule has 1 N–H and O–H groups in total. The molecule has 37 heavy (non-hydrogen) atoms. The molecule has 1 aliphatic carbocycles. The van der Waals surface area contributed by atoms with Crippen LogP contribution in [-0.2, 0) is 12.8 Å². The van der Waals surface area contributed by atoms with E-state index in [9.17, 15) is 15.2 Å². The number of piperidine rings is 1. The molecule has 2 aromatic heterocycles. The van der Waals surface area contributed by atoms with Crippen molar-refractivity contribution >= 4 is 17.4 Å². The number of aliphatic hydroxyl groups is 1. The average molecular weight is 501 g/mol. The number of anilines is 1. The van der Waals surface area contributed by atoms with Gasteiger partial charge < -0.3 is 19.6 Å². The summed E-state index contributed by atoms with van der Waals surface area (Å²) in [5.41, 5.74) is 5.62. The van der Waals surface area contributed by atoms with E-state index in [1.54, 1.807) is 11.6 Å². The smallest absolute Gasteiger partial charge is 0.258 e. The Morgan fingerprint density at radius 2 is 1.97 bits per heavy atom. The van der Waals surface area contributed by atoms with Crippen molar-refractivity contribution in [1.29, 1.82) is 5.26 Å². The van der Waals surface area contributed by atoms with Gasteiger partial charge in [-0.15, -0.1) is 0 Å². The molecule has 1 amide bonds. The Labute approximate surface area is 216 Å². The van der Waals surface area contributed by atoms with Crippen LogP contribution in [-0.4, -0.2) is 63.4 Å². The fraction of sp³-hybridized carbons (Fsp3) is 0.500. The lowest BCUT2D eigenvalue weighted by Gasteiger charge is -2.35. The second-order valence-corrected chi connectivity index (χ2v) is 10.5. The highest BCUT2D eigenvalue weighted by Crippen LogP contribution is 2.36. The maximum Gasteiger partial charge on any atom is 0.258 e. The summed E-state index contributed by atoms with van der Waals surface area (Å²) >= 11 is 0. The molecule has 3 unspecified atom stereocenters. The summed E-state index contributed by atoms with van der Waals surface area (Å²) < 4.78 is 7.42. The number of ether oxygens (including phenoxy) is 1. The number of hydrogen-bond donors (Lipinski definition) is 1. The highest BCUT2D eigenvalue weighted by Gasteiger charge is 2.35. The van der Waals surface area contributed by atoms with Crippen molar-refractivity contribution in [2.45, 2.75) is 57.6 Å². The summed E-state index contributed by atoms with van der Waals surface area (Å²) in [6, 6.07) is 8.09. The normalized spacial score (nSPS) is 23.4. The van der Waals surface area contributed by atoms with Gasteiger partial charge in [0.05, 0.1) is 42.5 Å². The average Bonchev–Trinajstić information content (AvgIpc) is 3.64. The van der Waals surface area contributed by atoms with Gasteiger partial charge in [-0.25, -0.2) is 9.50 Å². The van der Waals surface area contributed by atoms with Gasteiger partial charge in [0.25, 0.3) is 5.91 Å². The lowest BCUT2D eigenvalue weighted by atomic mass is 9.97. The number of nitriles is 1. The van der Waals surface area contributed by atoms with Crippen LogP contribution in [0, 0.1) is 24.2 Å².